The summed E-state index contributed by atoms with van der Waals surface area (Å²) < 4.78 is 7.43. The summed E-state index contributed by atoms with van der Waals surface area (Å²) in [6.07, 6.45) is 7.14. The fourth-order valence-electron chi connectivity index (χ4n) is 3.14. The molecule has 0 aliphatic heterocycles. The number of hydrogen-bond acceptors (Lipinski definition) is 3. The molecule has 5 heteroatoms. The van der Waals surface area contributed by atoms with E-state index in [2.05, 4.69) is 5.10 Å². The Kier molecular flexibility index (Phi) is 4.65. The van der Waals surface area contributed by atoms with Gasteiger partial charge in [-0.2, -0.15) is 5.10 Å². The largest absolute Gasteiger partial charge is 0.486 e. The van der Waals surface area contributed by atoms with Crippen LogP contribution < -0.4 is 4.74 Å². The van der Waals surface area contributed by atoms with E-state index in [1.807, 2.05) is 31.2 Å². The first-order valence-corrected chi connectivity index (χ1v) is 8.15. The molecule has 0 radical (unpaired) electrons. The van der Waals surface area contributed by atoms with E-state index in [0.717, 1.165) is 36.8 Å². The van der Waals surface area contributed by atoms with Crippen LogP contribution in [0.4, 0.5) is 0 Å². The number of carboxylic acid groups (broad SMARTS) is 1. The lowest BCUT2D eigenvalue weighted by Gasteiger charge is -2.22. The quantitative estimate of drug-likeness (QED) is 0.915. The van der Waals surface area contributed by atoms with Crippen LogP contribution in [0.25, 0.3) is 0 Å². The van der Waals surface area contributed by atoms with Crippen LogP contribution in [0.5, 0.6) is 5.75 Å². The average molecular weight is 314 g/mol. The smallest absolute Gasteiger partial charge is 0.358 e. The summed E-state index contributed by atoms with van der Waals surface area (Å²) in [4.78, 5) is 11.7. The molecule has 1 aliphatic carbocycles. The zero-order chi connectivity index (χ0) is 16.2. The second-order valence-corrected chi connectivity index (χ2v) is 6.19. The Morgan fingerprint density at radius 1 is 1.35 bits per heavy atom. The molecule has 5 nitrogen and oxygen atoms in total. The molecular formula is C18H22N2O3. The number of carboxylic acids is 1. The zero-order valence-corrected chi connectivity index (χ0v) is 13.4. The van der Waals surface area contributed by atoms with E-state index in [-0.39, 0.29) is 11.8 Å². The standard InChI is InChI=1S/C18H22N2O3/c1-13-6-5-7-14(10-13)12-20-17(18(21)22)16(11-19-20)23-15-8-3-2-4-9-15/h5-7,10-11,15H,2-4,8-9,12H2,1H3,(H,21,22). The second-order valence-electron chi connectivity index (χ2n) is 6.19. The number of aromatic nitrogens is 2. The van der Waals surface area contributed by atoms with Gasteiger partial charge in [-0.1, -0.05) is 36.2 Å². The molecule has 1 aromatic heterocycles. The van der Waals surface area contributed by atoms with Crippen molar-refractivity contribution < 1.29 is 14.6 Å². The third kappa shape index (κ3) is 3.73. The van der Waals surface area contributed by atoms with Crippen molar-refractivity contribution >= 4 is 5.97 Å². The van der Waals surface area contributed by atoms with Crippen LogP contribution in [-0.4, -0.2) is 27.0 Å². The van der Waals surface area contributed by atoms with Crippen molar-refractivity contribution in [3.05, 3.63) is 47.3 Å². The third-order valence-electron chi connectivity index (χ3n) is 4.27. The Morgan fingerprint density at radius 3 is 2.83 bits per heavy atom. The predicted molar refractivity (Wildman–Crippen MR) is 87.0 cm³/mol. The molecular weight excluding hydrogens is 292 g/mol. The highest BCUT2D eigenvalue weighted by Gasteiger charge is 2.23. The minimum absolute atomic E-state index is 0.110. The van der Waals surface area contributed by atoms with Crippen LogP contribution in [0.2, 0.25) is 0 Å². The number of benzene rings is 1. The first-order valence-electron chi connectivity index (χ1n) is 8.15. The van der Waals surface area contributed by atoms with E-state index in [0.29, 0.717) is 12.3 Å². The molecule has 0 saturated heterocycles. The van der Waals surface area contributed by atoms with Gasteiger partial charge in [0.1, 0.15) is 0 Å². The summed E-state index contributed by atoms with van der Waals surface area (Å²) in [6, 6.07) is 7.99. The van der Waals surface area contributed by atoms with Crippen molar-refractivity contribution in [2.45, 2.75) is 51.7 Å². The summed E-state index contributed by atoms with van der Waals surface area (Å²) in [6.45, 7) is 2.44. The van der Waals surface area contributed by atoms with E-state index in [1.54, 1.807) is 0 Å². The molecule has 0 atom stereocenters. The molecule has 0 unspecified atom stereocenters. The monoisotopic (exact) mass is 314 g/mol. The van der Waals surface area contributed by atoms with Gasteiger partial charge in [0.15, 0.2) is 11.4 Å². The normalized spacial score (nSPS) is 15.5. The van der Waals surface area contributed by atoms with E-state index in [4.69, 9.17) is 4.74 Å². The van der Waals surface area contributed by atoms with Gasteiger partial charge in [-0.15, -0.1) is 0 Å². The maximum atomic E-state index is 11.7. The fourth-order valence-corrected chi connectivity index (χ4v) is 3.14. The average Bonchev–Trinajstić information content (AvgIpc) is 2.91. The first kappa shape index (κ1) is 15.6. The predicted octanol–water partition coefficient (Wildman–Crippen LogP) is 3.65. The minimum Gasteiger partial charge on any atom is -0.486 e. The van der Waals surface area contributed by atoms with Crippen LogP contribution in [0, 0.1) is 6.92 Å². The van der Waals surface area contributed by atoms with E-state index in [9.17, 15) is 9.90 Å². The van der Waals surface area contributed by atoms with Gasteiger partial charge in [0.2, 0.25) is 0 Å². The van der Waals surface area contributed by atoms with Crippen LogP contribution in [0.1, 0.15) is 53.7 Å². The van der Waals surface area contributed by atoms with Gasteiger partial charge in [0.05, 0.1) is 18.8 Å². The molecule has 1 heterocycles. The van der Waals surface area contributed by atoms with E-state index in [1.165, 1.54) is 17.3 Å². The van der Waals surface area contributed by atoms with Crippen molar-refractivity contribution in [2.24, 2.45) is 0 Å². The highest BCUT2D eigenvalue weighted by Crippen LogP contribution is 2.26. The van der Waals surface area contributed by atoms with E-state index >= 15 is 0 Å². The first-order chi connectivity index (χ1) is 11.1. The maximum Gasteiger partial charge on any atom is 0.358 e. The SMILES string of the molecule is Cc1cccc(Cn2ncc(OC3CCCCC3)c2C(=O)O)c1. The lowest BCUT2D eigenvalue weighted by Crippen LogP contribution is -2.21. The van der Waals surface area contributed by atoms with Crippen molar-refractivity contribution in [3.8, 4) is 5.75 Å². The molecule has 0 amide bonds. The van der Waals surface area contributed by atoms with Crippen LogP contribution in [0.15, 0.2) is 30.5 Å². The highest BCUT2D eigenvalue weighted by molar-refractivity contribution is 5.88. The number of hydrogen-bond donors (Lipinski definition) is 1. The molecule has 1 fully saturated rings. The zero-order valence-electron chi connectivity index (χ0n) is 13.4. The van der Waals surface area contributed by atoms with Crippen LogP contribution >= 0.6 is 0 Å². The Morgan fingerprint density at radius 2 is 2.13 bits per heavy atom. The topological polar surface area (TPSA) is 64.4 Å². The number of rotatable bonds is 5. The molecule has 1 N–H and O–H groups in total. The van der Waals surface area contributed by atoms with E-state index < -0.39 is 5.97 Å². The summed E-state index contributed by atoms with van der Waals surface area (Å²) >= 11 is 0. The van der Waals surface area contributed by atoms with Crippen LogP contribution in [-0.2, 0) is 6.54 Å². The maximum absolute atomic E-state index is 11.7. The third-order valence-corrected chi connectivity index (χ3v) is 4.27. The lowest BCUT2D eigenvalue weighted by atomic mass is 9.98. The summed E-state index contributed by atoms with van der Waals surface area (Å²) in [5.74, 6) is -0.613. The van der Waals surface area contributed by atoms with Gasteiger partial charge in [-0.25, -0.2) is 4.79 Å². The summed E-state index contributed by atoms with van der Waals surface area (Å²) in [5.41, 5.74) is 2.31. The van der Waals surface area contributed by atoms with Gasteiger partial charge in [0, 0.05) is 0 Å². The molecule has 23 heavy (non-hydrogen) atoms. The fraction of sp³-hybridized carbons (Fsp3) is 0.444. The van der Waals surface area contributed by atoms with Crippen molar-refractivity contribution in [1.82, 2.24) is 9.78 Å². The van der Waals surface area contributed by atoms with Crippen molar-refractivity contribution in [1.29, 1.82) is 0 Å². The van der Waals surface area contributed by atoms with Crippen LogP contribution in [0.3, 0.4) is 0 Å². The molecule has 0 bridgehead atoms. The van der Waals surface area contributed by atoms with Gasteiger partial charge < -0.3 is 9.84 Å². The van der Waals surface area contributed by atoms with Crippen molar-refractivity contribution in [3.63, 3.8) is 0 Å². The summed E-state index contributed by atoms with van der Waals surface area (Å²) in [7, 11) is 0. The number of aromatic carboxylic acids is 1. The molecule has 3 rings (SSSR count). The van der Waals surface area contributed by atoms with Gasteiger partial charge in [-0.3, -0.25) is 4.68 Å². The Hall–Kier alpha value is -2.30. The number of aryl methyl sites for hydroxylation is 1. The molecule has 122 valence electrons. The Balaban J connectivity index is 1.81. The number of ether oxygens (including phenoxy) is 1. The Bertz CT molecular complexity index is 687. The van der Waals surface area contributed by atoms with Gasteiger partial charge >= 0.3 is 5.97 Å². The lowest BCUT2D eigenvalue weighted by molar-refractivity contribution is 0.0672. The minimum atomic E-state index is -0.999. The van der Waals surface area contributed by atoms with Crippen molar-refractivity contribution in [2.75, 3.05) is 0 Å². The Labute approximate surface area is 135 Å². The number of carbonyl (C=O) groups is 1. The molecule has 1 saturated carbocycles. The molecule has 0 spiro atoms. The van der Waals surface area contributed by atoms with Gasteiger partial charge in [0.25, 0.3) is 0 Å². The molecule has 2 aromatic rings. The summed E-state index contributed by atoms with van der Waals surface area (Å²) in [5, 5.41) is 13.8. The molecule has 1 aromatic carbocycles. The second kappa shape index (κ2) is 6.86. The number of nitrogens with zero attached hydrogens (tertiary/aromatic N) is 2. The highest BCUT2D eigenvalue weighted by atomic mass is 16.5. The van der Waals surface area contributed by atoms with Gasteiger partial charge in [-0.05, 0) is 38.2 Å². The molecule has 1 aliphatic rings.